The van der Waals surface area contributed by atoms with Crippen LogP contribution in [-0.4, -0.2) is 72.3 Å². The quantitative estimate of drug-likeness (QED) is 0.801. The van der Waals surface area contributed by atoms with Crippen molar-refractivity contribution in [2.45, 2.75) is 18.9 Å². The molecule has 2 aliphatic rings. The number of likely N-dealkylation sites (N-methyl/N-ethyl adjacent to an activating group) is 1. The van der Waals surface area contributed by atoms with Crippen molar-refractivity contribution < 1.29 is 19.1 Å². The van der Waals surface area contributed by atoms with Gasteiger partial charge in [0.05, 0.1) is 20.8 Å². The molecule has 0 radical (unpaired) electrons. The molecule has 8 heteroatoms. The van der Waals surface area contributed by atoms with E-state index in [1.807, 2.05) is 18.2 Å². The van der Waals surface area contributed by atoms with Crippen LogP contribution in [0, 0.1) is 0 Å². The molecule has 0 saturated carbocycles. The summed E-state index contributed by atoms with van der Waals surface area (Å²) in [6.07, 6.45) is 0.838. The molecule has 3 heterocycles. The summed E-state index contributed by atoms with van der Waals surface area (Å²) in [4.78, 5) is 28.7. The maximum Gasteiger partial charge on any atom is 0.274 e. The van der Waals surface area contributed by atoms with E-state index in [2.05, 4.69) is 5.10 Å². The van der Waals surface area contributed by atoms with Crippen LogP contribution in [-0.2, 0) is 6.54 Å². The highest BCUT2D eigenvalue weighted by Gasteiger charge is 2.33. The summed E-state index contributed by atoms with van der Waals surface area (Å²) in [5.74, 6) is 1.50. The van der Waals surface area contributed by atoms with Gasteiger partial charge < -0.3 is 19.3 Å². The van der Waals surface area contributed by atoms with Crippen molar-refractivity contribution in [3.63, 3.8) is 0 Å². The van der Waals surface area contributed by atoms with Gasteiger partial charge in [0.2, 0.25) is 0 Å². The zero-order valence-corrected chi connectivity index (χ0v) is 16.3. The number of methoxy groups -OCH3 is 2. The molecule has 1 saturated heterocycles. The number of nitrogens with zero attached hydrogens (tertiary/aromatic N) is 4. The number of hydrogen-bond donors (Lipinski definition) is 0. The smallest absolute Gasteiger partial charge is 0.274 e. The van der Waals surface area contributed by atoms with Crippen LogP contribution in [0.2, 0.25) is 0 Å². The zero-order valence-electron chi connectivity index (χ0n) is 16.3. The Labute approximate surface area is 163 Å². The average Bonchev–Trinajstić information content (AvgIpc) is 3.37. The number of fused-ring (bicyclic) bond motifs is 1. The van der Waals surface area contributed by atoms with Crippen molar-refractivity contribution in [2.24, 2.45) is 0 Å². The number of aromatic nitrogens is 2. The van der Waals surface area contributed by atoms with Crippen LogP contribution in [0.3, 0.4) is 0 Å². The summed E-state index contributed by atoms with van der Waals surface area (Å²) in [5.41, 5.74) is 1.84. The first-order valence-electron chi connectivity index (χ1n) is 9.36. The molecule has 4 rings (SSSR count). The first-order valence-corrected chi connectivity index (χ1v) is 9.36. The number of carbonyl (C=O) groups excluding carboxylic acids is 2. The van der Waals surface area contributed by atoms with Gasteiger partial charge in [0.1, 0.15) is 17.2 Å². The second-order valence-electron chi connectivity index (χ2n) is 7.21. The van der Waals surface area contributed by atoms with E-state index in [1.54, 1.807) is 41.8 Å². The molecule has 0 aliphatic carbocycles. The fraction of sp³-hybridized carbons (Fsp3) is 0.450. The van der Waals surface area contributed by atoms with Crippen LogP contribution in [0.15, 0.2) is 24.3 Å². The fourth-order valence-corrected chi connectivity index (χ4v) is 3.92. The molecule has 2 amide bonds. The van der Waals surface area contributed by atoms with Crippen molar-refractivity contribution in [2.75, 3.05) is 40.9 Å². The third kappa shape index (κ3) is 3.08. The van der Waals surface area contributed by atoms with E-state index >= 15 is 0 Å². The Morgan fingerprint density at radius 3 is 2.71 bits per heavy atom. The summed E-state index contributed by atoms with van der Waals surface area (Å²) in [5, 5.41) is 4.37. The van der Waals surface area contributed by atoms with Crippen LogP contribution in [0.1, 0.15) is 38.9 Å². The topological polar surface area (TPSA) is 76.9 Å². The zero-order chi connectivity index (χ0) is 19.8. The second-order valence-corrected chi connectivity index (χ2v) is 7.21. The fourth-order valence-electron chi connectivity index (χ4n) is 3.92. The Morgan fingerprint density at radius 1 is 1.14 bits per heavy atom. The number of rotatable bonds is 4. The van der Waals surface area contributed by atoms with Gasteiger partial charge in [-0.3, -0.25) is 14.3 Å². The van der Waals surface area contributed by atoms with E-state index in [-0.39, 0.29) is 17.7 Å². The van der Waals surface area contributed by atoms with Gasteiger partial charge in [0, 0.05) is 44.2 Å². The van der Waals surface area contributed by atoms with Gasteiger partial charge in [0.15, 0.2) is 5.69 Å². The minimum atomic E-state index is -0.137. The summed E-state index contributed by atoms with van der Waals surface area (Å²) < 4.78 is 12.5. The standard InChI is InChI=1S/C20H24N4O4/c1-22-8-9-24-17(20(22)26)11-16(21-24)19(25)23-7-6-13(12-23)15-10-14(27-2)4-5-18(15)28-3/h4-5,10-11,13H,6-9,12H2,1-3H3. The van der Waals surface area contributed by atoms with Gasteiger partial charge >= 0.3 is 0 Å². The number of benzene rings is 1. The first-order chi connectivity index (χ1) is 13.5. The molecule has 1 atom stereocenters. The molecule has 8 nitrogen and oxygen atoms in total. The lowest BCUT2D eigenvalue weighted by atomic mass is 9.97. The molecule has 2 aromatic rings. The number of carbonyl (C=O) groups is 2. The van der Waals surface area contributed by atoms with Crippen molar-refractivity contribution in [1.29, 1.82) is 0 Å². The molecule has 2 aliphatic heterocycles. The summed E-state index contributed by atoms with van der Waals surface area (Å²) in [7, 11) is 5.04. The van der Waals surface area contributed by atoms with Crippen LogP contribution in [0.5, 0.6) is 11.5 Å². The Balaban J connectivity index is 1.53. The predicted octanol–water partition coefficient (Wildman–Crippen LogP) is 1.62. The Kier molecular flexibility index (Phi) is 4.70. The Morgan fingerprint density at radius 2 is 1.96 bits per heavy atom. The second kappa shape index (κ2) is 7.18. The highest BCUT2D eigenvalue weighted by atomic mass is 16.5. The minimum Gasteiger partial charge on any atom is -0.497 e. The summed E-state index contributed by atoms with van der Waals surface area (Å²) >= 11 is 0. The highest BCUT2D eigenvalue weighted by Crippen LogP contribution is 2.36. The number of likely N-dealkylation sites (tertiary alicyclic amines) is 1. The van der Waals surface area contributed by atoms with Crippen molar-refractivity contribution in [3.05, 3.63) is 41.2 Å². The molecule has 148 valence electrons. The minimum absolute atomic E-state index is 0.0989. The first kappa shape index (κ1) is 18.3. The molecule has 0 N–H and O–H groups in total. The summed E-state index contributed by atoms with van der Waals surface area (Å²) in [6.45, 7) is 2.43. The van der Waals surface area contributed by atoms with Crippen LogP contribution >= 0.6 is 0 Å². The monoisotopic (exact) mass is 384 g/mol. The Hall–Kier alpha value is -3.03. The third-order valence-electron chi connectivity index (χ3n) is 5.56. The van der Waals surface area contributed by atoms with Crippen LogP contribution in [0.4, 0.5) is 0 Å². The molecular formula is C20H24N4O4. The van der Waals surface area contributed by atoms with E-state index < -0.39 is 0 Å². The number of amides is 2. The molecule has 0 spiro atoms. The van der Waals surface area contributed by atoms with Crippen molar-refractivity contribution in [1.82, 2.24) is 19.6 Å². The van der Waals surface area contributed by atoms with Gasteiger partial charge in [-0.25, -0.2) is 0 Å². The van der Waals surface area contributed by atoms with E-state index in [0.717, 1.165) is 23.5 Å². The van der Waals surface area contributed by atoms with Crippen molar-refractivity contribution >= 4 is 11.8 Å². The van der Waals surface area contributed by atoms with E-state index in [1.165, 1.54) is 0 Å². The molecule has 28 heavy (non-hydrogen) atoms. The maximum absolute atomic E-state index is 13.0. The predicted molar refractivity (Wildman–Crippen MR) is 102 cm³/mol. The summed E-state index contributed by atoms with van der Waals surface area (Å²) in [6, 6.07) is 7.34. The lowest BCUT2D eigenvalue weighted by Crippen LogP contribution is -2.37. The molecule has 1 aromatic carbocycles. The van der Waals surface area contributed by atoms with Gasteiger partial charge in [-0.2, -0.15) is 5.10 Å². The largest absolute Gasteiger partial charge is 0.497 e. The van der Waals surface area contributed by atoms with Crippen LogP contribution < -0.4 is 9.47 Å². The highest BCUT2D eigenvalue weighted by molar-refractivity contribution is 5.98. The van der Waals surface area contributed by atoms with Gasteiger partial charge in [-0.05, 0) is 24.6 Å². The molecule has 1 fully saturated rings. The SMILES string of the molecule is COc1ccc(OC)c(C2CCN(C(=O)c3cc4n(n3)CCN(C)C4=O)C2)c1. The van der Waals surface area contributed by atoms with Crippen molar-refractivity contribution in [3.8, 4) is 11.5 Å². The number of ether oxygens (including phenoxy) is 2. The maximum atomic E-state index is 13.0. The van der Waals surface area contributed by atoms with Gasteiger partial charge in [-0.1, -0.05) is 0 Å². The average molecular weight is 384 g/mol. The van der Waals surface area contributed by atoms with E-state index in [9.17, 15) is 9.59 Å². The number of hydrogen-bond acceptors (Lipinski definition) is 5. The molecule has 0 bridgehead atoms. The van der Waals surface area contributed by atoms with E-state index in [0.29, 0.717) is 37.6 Å². The lowest BCUT2D eigenvalue weighted by Gasteiger charge is -2.22. The third-order valence-corrected chi connectivity index (χ3v) is 5.56. The normalized spacial score (nSPS) is 19.0. The molecular weight excluding hydrogens is 360 g/mol. The lowest BCUT2D eigenvalue weighted by molar-refractivity contribution is 0.0739. The Bertz CT molecular complexity index is 923. The van der Waals surface area contributed by atoms with Gasteiger partial charge in [-0.15, -0.1) is 0 Å². The molecule has 1 aromatic heterocycles. The molecule has 1 unspecified atom stereocenters. The van der Waals surface area contributed by atoms with Gasteiger partial charge in [0.25, 0.3) is 11.8 Å². The van der Waals surface area contributed by atoms with E-state index in [4.69, 9.17) is 9.47 Å². The van der Waals surface area contributed by atoms with Crippen LogP contribution in [0.25, 0.3) is 0 Å².